The molecule has 0 aromatic heterocycles. The van der Waals surface area contributed by atoms with Gasteiger partial charge in [-0.1, -0.05) is 56.3 Å². The van der Waals surface area contributed by atoms with Gasteiger partial charge in [0.15, 0.2) is 0 Å². The molecule has 1 heterocycles. The second-order valence-corrected chi connectivity index (χ2v) is 8.82. The van der Waals surface area contributed by atoms with Crippen LogP contribution in [-0.2, 0) is 9.53 Å². The number of carbonyl (C=O) groups is 2. The molecule has 2 amide bonds. The van der Waals surface area contributed by atoms with Crippen LogP contribution in [0.1, 0.15) is 58.8 Å². The molecule has 3 aromatic carbocycles. The van der Waals surface area contributed by atoms with E-state index in [4.69, 9.17) is 4.74 Å². The van der Waals surface area contributed by atoms with E-state index in [9.17, 15) is 14.0 Å². The van der Waals surface area contributed by atoms with Gasteiger partial charge in [0.2, 0.25) is 5.91 Å². The van der Waals surface area contributed by atoms with Crippen LogP contribution in [0, 0.1) is 5.82 Å². The number of anilines is 1. The molecular weight excluding hydrogens is 431 g/mol. The van der Waals surface area contributed by atoms with Gasteiger partial charge in [-0.05, 0) is 52.9 Å². The predicted octanol–water partition coefficient (Wildman–Crippen LogP) is 5.51. The number of rotatable bonds is 7. The van der Waals surface area contributed by atoms with Gasteiger partial charge in [-0.2, -0.15) is 0 Å². The summed E-state index contributed by atoms with van der Waals surface area (Å²) in [5, 5.41) is 3.04. The van der Waals surface area contributed by atoms with Gasteiger partial charge in [0.25, 0.3) is 5.91 Å². The Morgan fingerprint density at radius 3 is 2.35 bits per heavy atom. The van der Waals surface area contributed by atoms with Gasteiger partial charge < -0.3 is 15.0 Å². The van der Waals surface area contributed by atoms with Gasteiger partial charge >= 0.3 is 0 Å². The molecule has 1 N–H and O–H groups in total. The summed E-state index contributed by atoms with van der Waals surface area (Å²) >= 11 is 0. The van der Waals surface area contributed by atoms with Gasteiger partial charge in [-0.15, -0.1) is 0 Å². The fraction of sp³-hybridized carbons (Fsp3) is 0.286. The fourth-order valence-electron chi connectivity index (χ4n) is 4.51. The fourth-order valence-corrected chi connectivity index (χ4v) is 4.51. The molecule has 5 nitrogen and oxygen atoms in total. The Hall–Kier alpha value is -3.51. The molecule has 0 aliphatic carbocycles. The van der Waals surface area contributed by atoms with E-state index < -0.39 is 12.0 Å². The standard InChI is InChI=1S/C28H29FN2O3/c1-18(2)19-10-14-22(15-11-19)30-27(32)25-23-6-4-5-7-24(23)28(33)31(16-17-34-3)26(25)20-8-12-21(29)13-9-20/h4-15,18,25-26H,16-17H2,1-3H3,(H,30,32)/t25-,26+/m1/s1. The zero-order chi connectivity index (χ0) is 24.2. The van der Waals surface area contributed by atoms with E-state index in [1.54, 1.807) is 36.3 Å². The molecule has 0 spiro atoms. The zero-order valence-corrected chi connectivity index (χ0v) is 19.6. The van der Waals surface area contributed by atoms with Crippen molar-refractivity contribution in [2.24, 2.45) is 0 Å². The normalized spacial score (nSPS) is 17.6. The van der Waals surface area contributed by atoms with E-state index >= 15 is 0 Å². The first-order chi connectivity index (χ1) is 16.4. The Labute approximate surface area is 199 Å². The Balaban J connectivity index is 1.77. The summed E-state index contributed by atoms with van der Waals surface area (Å²) in [4.78, 5) is 28.9. The van der Waals surface area contributed by atoms with E-state index in [-0.39, 0.29) is 17.6 Å². The Morgan fingerprint density at radius 2 is 1.71 bits per heavy atom. The highest BCUT2D eigenvalue weighted by molar-refractivity contribution is 6.04. The molecule has 0 bridgehead atoms. The largest absolute Gasteiger partial charge is 0.383 e. The minimum Gasteiger partial charge on any atom is -0.383 e. The van der Waals surface area contributed by atoms with Gasteiger partial charge in [-0.25, -0.2) is 4.39 Å². The van der Waals surface area contributed by atoms with E-state index in [2.05, 4.69) is 19.2 Å². The zero-order valence-electron chi connectivity index (χ0n) is 19.6. The summed E-state index contributed by atoms with van der Waals surface area (Å²) in [7, 11) is 1.57. The summed E-state index contributed by atoms with van der Waals surface area (Å²) in [5.41, 5.74) is 3.71. The molecule has 0 saturated heterocycles. The Morgan fingerprint density at radius 1 is 1.03 bits per heavy atom. The number of benzene rings is 3. The predicted molar refractivity (Wildman–Crippen MR) is 130 cm³/mol. The number of amides is 2. The average molecular weight is 461 g/mol. The van der Waals surface area contributed by atoms with Crippen molar-refractivity contribution in [3.63, 3.8) is 0 Å². The van der Waals surface area contributed by atoms with Crippen LogP contribution in [0.3, 0.4) is 0 Å². The second kappa shape index (κ2) is 10.2. The van der Waals surface area contributed by atoms with Crippen molar-refractivity contribution in [2.75, 3.05) is 25.6 Å². The minimum atomic E-state index is -0.680. The number of fused-ring (bicyclic) bond motifs is 1. The maximum Gasteiger partial charge on any atom is 0.254 e. The first-order valence-corrected chi connectivity index (χ1v) is 11.5. The molecule has 1 aliphatic heterocycles. The second-order valence-electron chi connectivity index (χ2n) is 8.82. The number of nitrogens with one attached hydrogen (secondary N) is 1. The monoisotopic (exact) mass is 460 g/mol. The lowest BCUT2D eigenvalue weighted by Crippen LogP contribution is -2.47. The van der Waals surface area contributed by atoms with Crippen LogP contribution in [-0.4, -0.2) is 37.0 Å². The molecule has 2 atom stereocenters. The topological polar surface area (TPSA) is 58.6 Å². The molecule has 0 radical (unpaired) electrons. The summed E-state index contributed by atoms with van der Waals surface area (Å²) in [6.45, 7) is 4.85. The lowest BCUT2D eigenvalue weighted by Gasteiger charge is -2.41. The first kappa shape index (κ1) is 23.6. The van der Waals surface area contributed by atoms with Crippen LogP contribution in [0.2, 0.25) is 0 Å². The molecule has 1 aliphatic rings. The van der Waals surface area contributed by atoms with Crippen molar-refractivity contribution in [3.8, 4) is 0 Å². The third-order valence-corrected chi connectivity index (χ3v) is 6.31. The van der Waals surface area contributed by atoms with Crippen molar-refractivity contribution >= 4 is 17.5 Å². The van der Waals surface area contributed by atoms with E-state index in [1.807, 2.05) is 36.4 Å². The number of nitrogens with zero attached hydrogens (tertiary/aromatic N) is 1. The SMILES string of the molecule is COCCN1C(=O)c2ccccc2[C@@H](C(=O)Nc2ccc(C(C)C)cc2)[C@@H]1c1ccc(F)cc1. The number of carbonyl (C=O) groups excluding carboxylic acids is 2. The lowest BCUT2D eigenvalue weighted by atomic mass is 9.79. The van der Waals surface area contributed by atoms with Crippen molar-refractivity contribution in [1.82, 2.24) is 4.90 Å². The quantitative estimate of drug-likeness (QED) is 0.505. The maximum atomic E-state index is 13.8. The van der Waals surface area contributed by atoms with Crippen molar-refractivity contribution in [3.05, 3.63) is 101 Å². The van der Waals surface area contributed by atoms with Gasteiger partial charge in [0.05, 0.1) is 18.6 Å². The summed E-state index contributed by atoms with van der Waals surface area (Å²) < 4.78 is 19.0. The number of halogens is 1. The molecule has 0 fully saturated rings. The Kier molecular flexibility index (Phi) is 7.08. The smallest absolute Gasteiger partial charge is 0.254 e. The lowest BCUT2D eigenvalue weighted by molar-refractivity contribution is -0.119. The van der Waals surface area contributed by atoms with E-state index in [0.717, 1.165) is 0 Å². The van der Waals surface area contributed by atoms with Crippen LogP contribution in [0.5, 0.6) is 0 Å². The van der Waals surface area contributed by atoms with Crippen LogP contribution < -0.4 is 5.32 Å². The first-order valence-electron chi connectivity index (χ1n) is 11.5. The number of hydrogen-bond acceptors (Lipinski definition) is 3. The summed E-state index contributed by atoms with van der Waals surface area (Å²) in [6.07, 6.45) is 0. The van der Waals surface area contributed by atoms with Crippen LogP contribution in [0.25, 0.3) is 0 Å². The van der Waals surface area contributed by atoms with E-state index in [0.29, 0.717) is 41.4 Å². The van der Waals surface area contributed by atoms with Crippen LogP contribution >= 0.6 is 0 Å². The molecular formula is C28H29FN2O3. The summed E-state index contributed by atoms with van der Waals surface area (Å²) in [6, 6.07) is 20.4. The highest BCUT2D eigenvalue weighted by Gasteiger charge is 2.44. The Bertz CT molecular complexity index is 1160. The van der Waals surface area contributed by atoms with Crippen molar-refractivity contribution in [2.45, 2.75) is 31.7 Å². The molecule has 34 heavy (non-hydrogen) atoms. The van der Waals surface area contributed by atoms with Gasteiger partial charge in [0, 0.05) is 24.9 Å². The average Bonchev–Trinajstić information content (AvgIpc) is 2.84. The van der Waals surface area contributed by atoms with Crippen molar-refractivity contribution in [1.29, 1.82) is 0 Å². The molecule has 176 valence electrons. The van der Waals surface area contributed by atoms with Crippen LogP contribution in [0.15, 0.2) is 72.8 Å². The maximum absolute atomic E-state index is 13.8. The van der Waals surface area contributed by atoms with Crippen molar-refractivity contribution < 1.29 is 18.7 Å². The molecule has 4 rings (SSSR count). The van der Waals surface area contributed by atoms with E-state index in [1.165, 1.54) is 17.7 Å². The van der Waals surface area contributed by atoms with Gasteiger partial charge in [-0.3, -0.25) is 9.59 Å². The molecule has 0 saturated carbocycles. The number of hydrogen-bond donors (Lipinski definition) is 1. The number of methoxy groups -OCH3 is 1. The molecule has 6 heteroatoms. The molecule has 3 aromatic rings. The molecule has 0 unspecified atom stereocenters. The third kappa shape index (κ3) is 4.73. The third-order valence-electron chi connectivity index (χ3n) is 6.31. The van der Waals surface area contributed by atoms with Gasteiger partial charge in [0.1, 0.15) is 5.82 Å². The number of ether oxygens (including phenoxy) is 1. The highest BCUT2D eigenvalue weighted by atomic mass is 19.1. The van der Waals surface area contributed by atoms with Crippen LogP contribution in [0.4, 0.5) is 10.1 Å². The minimum absolute atomic E-state index is 0.174. The summed E-state index contributed by atoms with van der Waals surface area (Å²) in [5.74, 6) is -1.07. The highest BCUT2D eigenvalue weighted by Crippen LogP contribution is 2.43.